The van der Waals surface area contributed by atoms with E-state index in [0.717, 1.165) is 15.6 Å². The lowest BCUT2D eigenvalue weighted by molar-refractivity contribution is 0.509. The number of benzene rings is 2. The SMILES string of the molecule is Cc1c(Br)cccc1C(NN)c1c(F)cccc1F. The summed E-state index contributed by atoms with van der Waals surface area (Å²) in [6.07, 6.45) is 0. The minimum Gasteiger partial charge on any atom is -0.271 e. The van der Waals surface area contributed by atoms with Crippen molar-refractivity contribution in [2.75, 3.05) is 0 Å². The van der Waals surface area contributed by atoms with Crippen LogP contribution in [0.2, 0.25) is 0 Å². The molecule has 0 aromatic heterocycles. The van der Waals surface area contributed by atoms with Crippen LogP contribution in [-0.2, 0) is 0 Å². The highest BCUT2D eigenvalue weighted by Gasteiger charge is 2.22. The highest BCUT2D eigenvalue weighted by Crippen LogP contribution is 2.31. The Morgan fingerprint density at radius 2 is 1.68 bits per heavy atom. The quantitative estimate of drug-likeness (QED) is 0.668. The van der Waals surface area contributed by atoms with E-state index in [1.54, 1.807) is 12.1 Å². The van der Waals surface area contributed by atoms with Gasteiger partial charge in [-0.3, -0.25) is 5.84 Å². The summed E-state index contributed by atoms with van der Waals surface area (Å²) in [6.45, 7) is 1.86. The summed E-state index contributed by atoms with van der Waals surface area (Å²) >= 11 is 3.40. The van der Waals surface area contributed by atoms with Gasteiger partial charge in [0.05, 0.1) is 6.04 Å². The first kappa shape index (κ1) is 14.1. The van der Waals surface area contributed by atoms with Crippen LogP contribution >= 0.6 is 15.9 Å². The number of halogens is 3. The number of hydrogen-bond donors (Lipinski definition) is 2. The van der Waals surface area contributed by atoms with Crippen molar-refractivity contribution in [1.82, 2.24) is 5.43 Å². The Bertz CT molecular complexity index is 582. The van der Waals surface area contributed by atoms with Gasteiger partial charge >= 0.3 is 0 Å². The molecule has 0 aliphatic heterocycles. The van der Waals surface area contributed by atoms with E-state index in [-0.39, 0.29) is 5.56 Å². The molecule has 5 heteroatoms. The first-order valence-electron chi connectivity index (χ1n) is 5.71. The first-order chi connectivity index (χ1) is 9.06. The lowest BCUT2D eigenvalue weighted by Gasteiger charge is -2.20. The summed E-state index contributed by atoms with van der Waals surface area (Å²) in [4.78, 5) is 0. The molecule has 2 nitrogen and oxygen atoms in total. The summed E-state index contributed by atoms with van der Waals surface area (Å²) in [7, 11) is 0. The Balaban J connectivity index is 2.60. The predicted octanol–water partition coefficient (Wildman–Crippen LogP) is 3.59. The van der Waals surface area contributed by atoms with Gasteiger partial charge in [-0.2, -0.15) is 0 Å². The van der Waals surface area contributed by atoms with E-state index < -0.39 is 17.7 Å². The smallest absolute Gasteiger partial charge is 0.131 e. The third kappa shape index (κ3) is 2.68. The van der Waals surface area contributed by atoms with Gasteiger partial charge in [-0.25, -0.2) is 14.2 Å². The predicted molar refractivity (Wildman–Crippen MR) is 74.4 cm³/mol. The van der Waals surface area contributed by atoms with Crippen LogP contribution < -0.4 is 11.3 Å². The van der Waals surface area contributed by atoms with Crippen LogP contribution in [0.3, 0.4) is 0 Å². The number of hydrogen-bond acceptors (Lipinski definition) is 2. The third-order valence-electron chi connectivity index (χ3n) is 3.08. The molecule has 0 amide bonds. The van der Waals surface area contributed by atoms with Crippen molar-refractivity contribution >= 4 is 15.9 Å². The fourth-order valence-electron chi connectivity index (χ4n) is 2.05. The number of nitrogens with two attached hydrogens (primary N) is 1. The summed E-state index contributed by atoms with van der Waals surface area (Å²) in [5.41, 5.74) is 4.01. The molecule has 0 saturated carbocycles. The maximum absolute atomic E-state index is 13.9. The second kappa shape index (κ2) is 5.77. The second-order valence-corrected chi connectivity index (χ2v) is 5.04. The fourth-order valence-corrected chi connectivity index (χ4v) is 2.43. The largest absolute Gasteiger partial charge is 0.271 e. The molecule has 2 rings (SSSR count). The summed E-state index contributed by atoms with van der Waals surface area (Å²) in [5, 5.41) is 0. The molecule has 0 heterocycles. The van der Waals surface area contributed by atoms with Crippen molar-refractivity contribution < 1.29 is 8.78 Å². The number of hydrazine groups is 1. The van der Waals surface area contributed by atoms with E-state index in [9.17, 15) is 8.78 Å². The van der Waals surface area contributed by atoms with E-state index in [2.05, 4.69) is 21.4 Å². The van der Waals surface area contributed by atoms with E-state index in [0.29, 0.717) is 0 Å². The Hall–Kier alpha value is -1.30. The van der Waals surface area contributed by atoms with Gasteiger partial charge in [0.25, 0.3) is 0 Å². The topological polar surface area (TPSA) is 38.0 Å². The lowest BCUT2D eigenvalue weighted by Crippen LogP contribution is -2.31. The van der Waals surface area contributed by atoms with Crippen molar-refractivity contribution in [2.24, 2.45) is 5.84 Å². The van der Waals surface area contributed by atoms with Crippen LogP contribution in [0.5, 0.6) is 0 Å². The molecule has 19 heavy (non-hydrogen) atoms. The molecule has 0 radical (unpaired) electrons. The average molecular weight is 327 g/mol. The third-order valence-corrected chi connectivity index (χ3v) is 3.93. The maximum Gasteiger partial charge on any atom is 0.131 e. The van der Waals surface area contributed by atoms with Crippen molar-refractivity contribution in [3.05, 3.63) is 69.2 Å². The highest BCUT2D eigenvalue weighted by molar-refractivity contribution is 9.10. The van der Waals surface area contributed by atoms with Crippen LogP contribution in [0.15, 0.2) is 40.9 Å². The van der Waals surface area contributed by atoms with Crippen LogP contribution in [-0.4, -0.2) is 0 Å². The molecule has 1 unspecified atom stereocenters. The molecule has 0 aliphatic carbocycles. The average Bonchev–Trinajstić information content (AvgIpc) is 2.38. The van der Waals surface area contributed by atoms with Gasteiger partial charge in [0.2, 0.25) is 0 Å². The second-order valence-electron chi connectivity index (χ2n) is 4.19. The van der Waals surface area contributed by atoms with Gasteiger partial charge < -0.3 is 0 Å². The molecular weight excluding hydrogens is 314 g/mol. The van der Waals surface area contributed by atoms with Crippen LogP contribution in [0.1, 0.15) is 22.7 Å². The van der Waals surface area contributed by atoms with E-state index in [1.165, 1.54) is 18.2 Å². The van der Waals surface area contributed by atoms with Crippen molar-refractivity contribution in [3.8, 4) is 0 Å². The molecule has 100 valence electrons. The van der Waals surface area contributed by atoms with Crippen LogP contribution in [0, 0.1) is 18.6 Å². The Labute approximate surface area is 118 Å². The van der Waals surface area contributed by atoms with Gasteiger partial charge in [0.1, 0.15) is 11.6 Å². The van der Waals surface area contributed by atoms with E-state index >= 15 is 0 Å². The fraction of sp³-hybridized carbons (Fsp3) is 0.143. The Morgan fingerprint density at radius 1 is 1.11 bits per heavy atom. The maximum atomic E-state index is 13.9. The lowest BCUT2D eigenvalue weighted by atomic mass is 9.95. The first-order valence-corrected chi connectivity index (χ1v) is 6.50. The monoisotopic (exact) mass is 326 g/mol. The molecule has 0 aliphatic rings. The zero-order valence-corrected chi connectivity index (χ0v) is 11.8. The normalized spacial score (nSPS) is 12.5. The molecule has 2 aromatic carbocycles. The molecule has 0 saturated heterocycles. The molecule has 3 N–H and O–H groups in total. The Morgan fingerprint density at radius 3 is 2.26 bits per heavy atom. The summed E-state index contributed by atoms with van der Waals surface area (Å²) < 4.78 is 28.6. The van der Waals surface area contributed by atoms with Crippen LogP contribution in [0.4, 0.5) is 8.78 Å². The standard InChI is InChI=1S/C14H13BrF2N2/c1-8-9(4-2-5-10(8)15)14(19-18)13-11(16)6-3-7-12(13)17/h2-7,14,19H,18H2,1H3. The molecule has 2 aromatic rings. The zero-order valence-electron chi connectivity index (χ0n) is 10.3. The number of nitrogens with one attached hydrogen (secondary N) is 1. The summed E-state index contributed by atoms with van der Waals surface area (Å²) in [5.74, 6) is 4.25. The van der Waals surface area contributed by atoms with Gasteiger partial charge in [0.15, 0.2) is 0 Å². The molecule has 1 atom stereocenters. The van der Waals surface area contributed by atoms with Gasteiger partial charge in [-0.05, 0) is 36.2 Å². The minimum absolute atomic E-state index is 0.0776. The van der Waals surface area contributed by atoms with Gasteiger partial charge in [0, 0.05) is 10.0 Å². The minimum atomic E-state index is -0.737. The zero-order chi connectivity index (χ0) is 14.0. The van der Waals surface area contributed by atoms with E-state index in [4.69, 9.17) is 5.84 Å². The molecule has 0 spiro atoms. The van der Waals surface area contributed by atoms with Crippen molar-refractivity contribution in [2.45, 2.75) is 13.0 Å². The molecule has 0 fully saturated rings. The van der Waals surface area contributed by atoms with Crippen molar-refractivity contribution in [1.29, 1.82) is 0 Å². The highest BCUT2D eigenvalue weighted by atomic mass is 79.9. The van der Waals surface area contributed by atoms with Crippen LogP contribution in [0.25, 0.3) is 0 Å². The molecule has 0 bridgehead atoms. The van der Waals surface area contributed by atoms with Crippen molar-refractivity contribution in [3.63, 3.8) is 0 Å². The number of rotatable bonds is 3. The van der Waals surface area contributed by atoms with E-state index in [1.807, 2.05) is 13.0 Å². The Kier molecular flexibility index (Phi) is 4.29. The van der Waals surface area contributed by atoms with Gasteiger partial charge in [-0.1, -0.05) is 34.1 Å². The van der Waals surface area contributed by atoms with Gasteiger partial charge in [-0.15, -0.1) is 0 Å². The molecular formula is C14H13BrF2N2. The summed E-state index contributed by atoms with van der Waals surface area (Å²) in [6, 6.07) is 8.48.